The number of benzene rings is 2. The Kier molecular flexibility index (Phi) is 4.09. The maximum atomic E-state index is 12.3. The molecule has 1 aliphatic heterocycles. The first-order valence-electron chi connectivity index (χ1n) is 7.46. The smallest absolute Gasteiger partial charge is 0.261 e. The molecule has 0 saturated carbocycles. The van der Waals surface area contributed by atoms with Crippen LogP contribution >= 0.6 is 0 Å². The molecule has 1 heterocycles. The Balaban J connectivity index is 1.77. The molecule has 1 fully saturated rings. The van der Waals surface area contributed by atoms with Gasteiger partial charge in [0.05, 0.1) is 4.90 Å². The number of carbonyl (C=O) groups excluding carboxylic acids is 1. The van der Waals surface area contributed by atoms with E-state index in [0.717, 1.165) is 17.7 Å². The second-order valence-electron chi connectivity index (χ2n) is 5.61. The molecule has 23 heavy (non-hydrogen) atoms. The van der Waals surface area contributed by atoms with Crippen molar-refractivity contribution in [3.8, 4) is 0 Å². The highest BCUT2D eigenvalue weighted by Gasteiger charge is 2.21. The molecule has 0 atom stereocenters. The molecule has 0 aliphatic carbocycles. The zero-order valence-electron chi connectivity index (χ0n) is 12.8. The summed E-state index contributed by atoms with van der Waals surface area (Å²) in [5, 5.41) is 0. The molecule has 3 rings (SSSR count). The molecule has 5 nitrogen and oxygen atoms in total. The Morgan fingerprint density at radius 1 is 1.00 bits per heavy atom. The van der Waals surface area contributed by atoms with Crippen LogP contribution in [0, 0.1) is 6.92 Å². The summed E-state index contributed by atoms with van der Waals surface area (Å²) in [6.45, 7) is 2.62. The number of anilines is 2. The molecule has 1 amide bonds. The second-order valence-corrected chi connectivity index (χ2v) is 7.30. The quantitative estimate of drug-likeness (QED) is 0.937. The highest BCUT2D eigenvalue weighted by molar-refractivity contribution is 7.92. The lowest BCUT2D eigenvalue weighted by molar-refractivity contribution is -0.117. The predicted octanol–water partition coefficient (Wildman–Crippen LogP) is 2.92. The van der Waals surface area contributed by atoms with Gasteiger partial charge in [-0.1, -0.05) is 17.7 Å². The molecule has 2 aromatic rings. The van der Waals surface area contributed by atoms with Crippen molar-refractivity contribution in [1.82, 2.24) is 0 Å². The topological polar surface area (TPSA) is 66.5 Å². The van der Waals surface area contributed by atoms with Crippen LogP contribution in [0.4, 0.5) is 11.4 Å². The van der Waals surface area contributed by atoms with Gasteiger partial charge in [-0.3, -0.25) is 9.52 Å². The van der Waals surface area contributed by atoms with Crippen molar-refractivity contribution < 1.29 is 13.2 Å². The second kappa shape index (κ2) is 6.04. The summed E-state index contributed by atoms with van der Waals surface area (Å²) in [5.74, 6) is 0.109. The fourth-order valence-electron chi connectivity index (χ4n) is 2.56. The first-order valence-corrected chi connectivity index (χ1v) is 8.94. The number of sulfonamides is 1. The number of nitrogens with zero attached hydrogens (tertiary/aromatic N) is 1. The van der Waals surface area contributed by atoms with Crippen molar-refractivity contribution in [3.05, 3.63) is 54.1 Å². The lowest BCUT2D eigenvalue weighted by Crippen LogP contribution is -2.23. The summed E-state index contributed by atoms with van der Waals surface area (Å²) in [6, 6.07) is 13.5. The Labute approximate surface area is 136 Å². The third-order valence-electron chi connectivity index (χ3n) is 3.84. The third-order valence-corrected chi connectivity index (χ3v) is 5.23. The molecule has 1 N–H and O–H groups in total. The molecular weight excluding hydrogens is 312 g/mol. The average Bonchev–Trinajstić information content (AvgIpc) is 2.94. The van der Waals surface area contributed by atoms with Crippen molar-refractivity contribution in [3.63, 3.8) is 0 Å². The van der Waals surface area contributed by atoms with Crippen molar-refractivity contribution in [2.45, 2.75) is 24.7 Å². The van der Waals surface area contributed by atoms with E-state index in [-0.39, 0.29) is 10.8 Å². The number of nitrogens with one attached hydrogen (secondary N) is 1. The van der Waals surface area contributed by atoms with E-state index in [1.54, 1.807) is 53.4 Å². The van der Waals surface area contributed by atoms with Gasteiger partial charge in [0.15, 0.2) is 0 Å². The van der Waals surface area contributed by atoms with Gasteiger partial charge in [-0.05, 0) is 49.7 Å². The van der Waals surface area contributed by atoms with Crippen LogP contribution in [0.25, 0.3) is 0 Å². The zero-order valence-corrected chi connectivity index (χ0v) is 13.6. The van der Waals surface area contributed by atoms with E-state index in [1.165, 1.54) is 0 Å². The van der Waals surface area contributed by atoms with Crippen LogP contribution in [0.2, 0.25) is 0 Å². The minimum atomic E-state index is -3.60. The number of rotatable bonds is 4. The number of amides is 1. The molecule has 1 aliphatic rings. The normalized spacial score (nSPS) is 15.0. The van der Waals surface area contributed by atoms with Gasteiger partial charge in [0, 0.05) is 24.3 Å². The number of aryl methyl sites for hydroxylation is 1. The Morgan fingerprint density at radius 3 is 2.22 bits per heavy atom. The van der Waals surface area contributed by atoms with Gasteiger partial charge in [0.25, 0.3) is 10.0 Å². The average molecular weight is 330 g/mol. The van der Waals surface area contributed by atoms with E-state index >= 15 is 0 Å². The van der Waals surface area contributed by atoms with E-state index in [2.05, 4.69) is 4.72 Å². The molecule has 0 bridgehead atoms. The van der Waals surface area contributed by atoms with Gasteiger partial charge in [-0.2, -0.15) is 0 Å². The fourth-order valence-corrected chi connectivity index (χ4v) is 3.62. The van der Waals surface area contributed by atoms with Crippen LogP contribution in [-0.4, -0.2) is 20.9 Å². The molecule has 1 saturated heterocycles. The van der Waals surface area contributed by atoms with E-state index in [0.29, 0.717) is 18.7 Å². The van der Waals surface area contributed by atoms with Gasteiger partial charge in [0.1, 0.15) is 0 Å². The maximum Gasteiger partial charge on any atom is 0.261 e. The van der Waals surface area contributed by atoms with E-state index in [1.807, 2.05) is 6.92 Å². The molecule has 0 spiro atoms. The SMILES string of the molecule is Cc1ccc(S(=O)(=O)Nc2ccc(N3CCCC3=O)cc2)cc1. The Bertz CT molecular complexity index is 812. The van der Waals surface area contributed by atoms with Gasteiger partial charge in [-0.15, -0.1) is 0 Å². The van der Waals surface area contributed by atoms with Crippen LogP contribution in [0.1, 0.15) is 18.4 Å². The van der Waals surface area contributed by atoms with Crippen LogP contribution in [0.5, 0.6) is 0 Å². The third kappa shape index (κ3) is 3.37. The van der Waals surface area contributed by atoms with Gasteiger partial charge >= 0.3 is 0 Å². The number of carbonyl (C=O) groups is 1. The molecule has 0 radical (unpaired) electrons. The van der Waals surface area contributed by atoms with Crippen molar-refractivity contribution in [2.75, 3.05) is 16.2 Å². The summed E-state index contributed by atoms with van der Waals surface area (Å²) in [4.78, 5) is 13.7. The summed E-state index contributed by atoms with van der Waals surface area (Å²) in [5.41, 5.74) is 2.27. The molecule has 6 heteroatoms. The van der Waals surface area contributed by atoms with E-state index in [9.17, 15) is 13.2 Å². The van der Waals surface area contributed by atoms with Crippen molar-refractivity contribution >= 4 is 27.3 Å². The van der Waals surface area contributed by atoms with E-state index in [4.69, 9.17) is 0 Å². The van der Waals surface area contributed by atoms with Crippen LogP contribution in [0.15, 0.2) is 53.4 Å². The highest BCUT2D eigenvalue weighted by Crippen LogP contribution is 2.24. The van der Waals surface area contributed by atoms with Gasteiger partial charge in [-0.25, -0.2) is 8.42 Å². The summed E-state index contributed by atoms with van der Waals surface area (Å²) >= 11 is 0. The molecule has 2 aromatic carbocycles. The maximum absolute atomic E-state index is 12.3. The van der Waals surface area contributed by atoms with Crippen LogP contribution < -0.4 is 9.62 Å². The van der Waals surface area contributed by atoms with Gasteiger partial charge < -0.3 is 4.90 Å². The summed E-state index contributed by atoms with van der Waals surface area (Å²) in [7, 11) is -3.60. The largest absolute Gasteiger partial charge is 0.312 e. The Hall–Kier alpha value is -2.34. The summed E-state index contributed by atoms with van der Waals surface area (Å²) < 4.78 is 27.2. The molecular formula is C17H18N2O3S. The minimum Gasteiger partial charge on any atom is -0.312 e. The van der Waals surface area contributed by atoms with Crippen molar-refractivity contribution in [1.29, 1.82) is 0 Å². The fraction of sp³-hybridized carbons (Fsp3) is 0.235. The molecule has 0 unspecified atom stereocenters. The first-order chi connectivity index (χ1) is 11.0. The Morgan fingerprint density at radius 2 is 1.65 bits per heavy atom. The number of hydrogen-bond donors (Lipinski definition) is 1. The highest BCUT2D eigenvalue weighted by atomic mass is 32.2. The summed E-state index contributed by atoms with van der Waals surface area (Å²) in [6.07, 6.45) is 1.43. The predicted molar refractivity (Wildman–Crippen MR) is 90.0 cm³/mol. The molecule has 0 aromatic heterocycles. The van der Waals surface area contributed by atoms with E-state index < -0.39 is 10.0 Å². The van der Waals surface area contributed by atoms with Crippen LogP contribution in [0.3, 0.4) is 0 Å². The van der Waals surface area contributed by atoms with Crippen molar-refractivity contribution in [2.24, 2.45) is 0 Å². The van der Waals surface area contributed by atoms with Gasteiger partial charge in [0.2, 0.25) is 5.91 Å². The molecule has 120 valence electrons. The monoisotopic (exact) mass is 330 g/mol. The zero-order chi connectivity index (χ0) is 16.4. The minimum absolute atomic E-state index is 0.109. The van der Waals surface area contributed by atoms with Crippen LogP contribution in [-0.2, 0) is 14.8 Å². The standard InChI is InChI=1S/C17H18N2O3S/c1-13-4-10-16(11-5-13)23(21,22)18-14-6-8-15(9-7-14)19-12-2-3-17(19)20/h4-11,18H,2-3,12H2,1H3. The first kappa shape index (κ1) is 15.6. The lowest BCUT2D eigenvalue weighted by Gasteiger charge is -2.16. The number of hydrogen-bond acceptors (Lipinski definition) is 3. The lowest BCUT2D eigenvalue weighted by atomic mass is 10.2.